The summed E-state index contributed by atoms with van der Waals surface area (Å²) in [6.07, 6.45) is 1.48. The van der Waals surface area contributed by atoms with Crippen LogP contribution in [-0.2, 0) is 4.79 Å². The van der Waals surface area contributed by atoms with Crippen LogP contribution in [0, 0.1) is 10.1 Å². The minimum Gasteiger partial charge on any atom is -0.375 e. The summed E-state index contributed by atoms with van der Waals surface area (Å²) in [4.78, 5) is 21.2. The number of Topliss-reactive ketones (excluding diaryl/α,β-unsaturated/α-hetero) is 1. The minimum absolute atomic E-state index is 0.0178. The summed E-state index contributed by atoms with van der Waals surface area (Å²) in [5.41, 5.74) is 0.148. The van der Waals surface area contributed by atoms with Gasteiger partial charge in [-0.3, -0.25) is 10.1 Å². The van der Waals surface area contributed by atoms with Crippen molar-refractivity contribution in [3.63, 3.8) is 0 Å². The predicted octanol–water partition coefficient (Wildman–Crippen LogP) is 1.53. The van der Waals surface area contributed by atoms with Gasteiger partial charge in [0.2, 0.25) is 0 Å². The van der Waals surface area contributed by atoms with Crippen molar-refractivity contribution in [3.8, 4) is 0 Å². The third kappa shape index (κ3) is 3.91. The third-order valence-electron chi connectivity index (χ3n) is 2.05. The highest BCUT2D eigenvalue weighted by molar-refractivity contribution is 8.03. The smallest absolute Gasteiger partial charge is 0.276 e. The summed E-state index contributed by atoms with van der Waals surface area (Å²) in [6, 6.07) is 0. The summed E-state index contributed by atoms with van der Waals surface area (Å²) in [5, 5.41) is 14.4. The first-order valence-corrected chi connectivity index (χ1v) is 5.83. The highest BCUT2D eigenvalue weighted by Crippen LogP contribution is 2.24. The maximum Gasteiger partial charge on any atom is 0.276 e. The lowest BCUT2D eigenvalue weighted by atomic mass is 10.2. The fourth-order valence-corrected chi connectivity index (χ4v) is 2.31. The van der Waals surface area contributed by atoms with E-state index >= 15 is 0 Å². The minimum atomic E-state index is -0.385. The monoisotopic (exact) mass is 230 g/mol. The molecule has 0 amide bonds. The molecule has 0 radical (unpaired) electrons. The van der Waals surface area contributed by atoms with Crippen LogP contribution in [0.1, 0.15) is 26.2 Å². The molecule has 0 unspecified atom stereocenters. The number of ketones is 1. The molecule has 1 saturated heterocycles. The number of thioether (sulfide) groups is 1. The number of carbonyl (C=O) groups is 1. The van der Waals surface area contributed by atoms with Gasteiger partial charge in [-0.15, -0.1) is 11.8 Å². The molecule has 1 aliphatic heterocycles. The topological polar surface area (TPSA) is 72.2 Å². The molecule has 0 saturated carbocycles. The van der Waals surface area contributed by atoms with Crippen molar-refractivity contribution in [1.82, 2.24) is 5.32 Å². The molecule has 0 bridgehead atoms. The summed E-state index contributed by atoms with van der Waals surface area (Å²) in [5.74, 6) is 0.885. The van der Waals surface area contributed by atoms with Gasteiger partial charge in [0.15, 0.2) is 0 Å². The average molecular weight is 230 g/mol. The summed E-state index contributed by atoms with van der Waals surface area (Å²) in [7, 11) is 0. The van der Waals surface area contributed by atoms with Crippen LogP contribution in [0.3, 0.4) is 0 Å². The van der Waals surface area contributed by atoms with Crippen LogP contribution >= 0.6 is 11.8 Å². The summed E-state index contributed by atoms with van der Waals surface area (Å²) in [6.45, 7) is 2.23. The molecule has 0 atom stereocenters. The molecule has 1 heterocycles. The lowest BCUT2D eigenvalue weighted by molar-refractivity contribution is -0.428. The van der Waals surface area contributed by atoms with Crippen LogP contribution in [0.25, 0.3) is 0 Å². The Morgan fingerprint density at radius 3 is 2.80 bits per heavy atom. The Balaban J connectivity index is 2.70. The predicted molar refractivity (Wildman–Crippen MR) is 59.0 cm³/mol. The van der Waals surface area contributed by atoms with Gasteiger partial charge in [0.25, 0.3) is 5.70 Å². The van der Waals surface area contributed by atoms with E-state index in [0.717, 1.165) is 18.7 Å². The SMILES string of the molecule is CC(=O)CCC(=C1NCCCS1)[N+](=O)[O-]. The van der Waals surface area contributed by atoms with Crippen LogP contribution in [-0.4, -0.2) is 23.0 Å². The maximum atomic E-state index is 10.8. The van der Waals surface area contributed by atoms with Gasteiger partial charge < -0.3 is 10.1 Å². The lowest BCUT2D eigenvalue weighted by Crippen LogP contribution is -2.22. The number of hydrogen-bond donors (Lipinski definition) is 1. The molecule has 0 spiro atoms. The van der Waals surface area contributed by atoms with E-state index in [-0.39, 0.29) is 29.2 Å². The van der Waals surface area contributed by atoms with Gasteiger partial charge >= 0.3 is 0 Å². The maximum absolute atomic E-state index is 10.8. The second-order valence-electron chi connectivity index (χ2n) is 3.36. The van der Waals surface area contributed by atoms with E-state index in [1.54, 1.807) is 0 Å². The molecule has 5 nitrogen and oxygen atoms in total. The molecule has 1 fully saturated rings. The molecule has 1 aliphatic rings. The number of nitrogens with one attached hydrogen (secondary N) is 1. The Labute approximate surface area is 92.5 Å². The number of allylic oxidation sites excluding steroid dienone is 1. The zero-order chi connectivity index (χ0) is 11.3. The molecular weight excluding hydrogens is 216 g/mol. The number of carbonyl (C=O) groups excluding carboxylic acids is 1. The van der Waals surface area contributed by atoms with Gasteiger partial charge in [-0.25, -0.2) is 0 Å². The first kappa shape index (κ1) is 12.0. The fourth-order valence-electron chi connectivity index (χ4n) is 1.27. The highest BCUT2D eigenvalue weighted by atomic mass is 32.2. The summed E-state index contributed by atoms with van der Waals surface area (Å²) >= 11 is 1.47. The lowest BCUT2D eigenvalue weighted by Gasteiger charge is -2.15. The van der Waals surface area contributed by atoms with Gasteiger partial charge in [-0.2, -0.15) is 0 Å². The van der Waals surface area contributed by atoms with E-state index in [9.17, 15) is 14.9 Å². The van der Waals surface area contributed by atoms with Crippen LogP contribution in [0.5, 0.6) is 0 Å². The molecular formula is C9H14N2O3S. The molecule has 0 aromatic carbocycles. The van der Waals surface area contributed by atoms with Crippen molar-refractivity contribution in [2.45, 2.75) is 26.2 Å². The summed E-state index contributed by atoms with van der Waals surface area (Å²) < 4.78 is 0. The van der Waals surface area contributed by atoms with E-state index in [0.29, 0.717) is 5.03 Å². The van der Waals surface area contributed by atoms with Crippen molar-refractivity contribution in [3.05, 3.63) is 20.8 Å². The Morgan fingerprint density at radius 1 is 1.60 bits per heavy atom. The van der Waals surface area contributed by atoms with Gasteiger partial charge in [0.1, 0.15) is 10.8 Å². The van der Waals surface area contributed by atoms with Crippen molar-refractivity contribution >= 4 is 17.5 Å². The standard InChI is InChI=1S/C9H14N2O3S/c1-7(12)3-4-8(11(13)14)9-10-5-2-6-15-9/h10H,2-6H2,1H3. The average Bonchev–Trinajstić information content (AvgIpc) is 2.18. The second kappa shape index (κ2) is 5.75. The largest absolute Gasteiger partial charge is 0.375 e. The number of nitrogens with zero attached hydrogens (tertiary/aromatic N) is 1. The van der Waals surface area contributed by atoms with Crippen molar-refractivity contribution in [2.75, 3.05) is 12.3 Å². The Bertz CT molecular complexity index is 294. The molecule has 0 aliphatic carbocycles. The highest BCUT2D eigenvalue weighted by Gasteiger charge is 2.21. The Kier molecular flexibility index (Phi) is 4.61. The molecule has 1 N–H and O–H groups in total. The van der Waals surface area contributed by atoms with Crippen LogP contribution in [0.15, 0.2) is 10.7 Å². The Morgan fingerprint density at radius 2 is 2.33 bits per heavy atom. The third-order valence-corrected chi connectivity index (χ3v) is 3.21. The van der Waals surface area contributed by atoms with Crippen LogP contribution < -0.4 is 5.32 Å². The molecule has 0 aromatic heterocycles. The van der Waals surface area contributed by atoms with Gasteiger partial charge in [0, 0.05) is 25.1 Å². The van der Waals surface area contributed by atoms with Crippen molar-refractivity contribution in [1.29, 1.82) is 0 Å². The van der Waals surface area contributed by atoms with Crippen molar-refractivity contribution in [2.24, 2.45) is 0 Å². The van der Waals surface area contributed by atoms with Crippen LogP contribution in [0.4, 0.5) is 0 Å². The Hall–Kier alpha value is -1.04. The van der Waals surface area contributed by atoms with Gasteiger partial charge in [0.05, 0.1) is 4.92 Å². The second-order valence-corrected chi connectivity index (χ2v) is 4.47. The zero-order valence-corrected chi connectivity index (χ0v) is 9.43. The molecule has 0 aromatic rings. The van der Waals surface area contributed by atoms with Crippen LogP contribution in [0.2, 0.25) is 0 Å². The van der Waals surface area contributed by atoms with E-state index in [2.05, 4.69) is 5.32 Å². The normalized spacial score (nSPS) is 19.3. The molecule has 15 heavy (non-hydrogen) atoms. The molecule has 6 heteroatoms. The zero-order valence-electron chi connectivity index (χ0n) is 8.62. The number of rotatable bonds is 4. The van der Waals surface area contributed by atoms with E-state index < -0.39 is 0 Å². The number of nitro groups is 1. The first-order valence-electron chi connectivity index (χ1n) is 4.85. The molecule has 1 rings (SSSR count). The van der Waals surface area contributed by atoms with E-state index in [1.165, 1.54) is 18.7 Å². The fraction of sp³-hybridized carbons (Fsp3) is 0.667. The molecule has 84 valence electrons. The first-order chi connectivity index (χ1) is 7.11. The van der Waals surface area contributed by atoms with E-state index in [1.807, 2.05) is 0 Å². The van der Waals surface area contributed by atoms with Gasteiger partial charge in [-0.05, 0) is 13.3 Å². The quantitative estimate of drug-likeness (QED) is 0.585. The van der Waals surface area contributed by atoms with Gasteiger partial charge in [-0.1, -0.05) is 0 Å². The van der Waals surface area contributed by atoms with E-state index in [4.69, 9.17) is 0 Å². The van der Waals surface area contributed by atoms with Crippen molar-refractivity contribution < 1.29 is 9.72 Å². The number of hydrogen-bond acceptors (Lipinski definition) is 5.